The van der Waals surface area contributed by atoms with E-state index >= 15 is 0 Å². The standard InChI is InChI=1S/C23H25NOS.C14H13NO.2C9H12S/c1-19(20-12-6-3-7-13-20)18-26-23(24-25-2,21-14-8-4-9-15-21)22-16-10-5-11-17-22;1-16-15-14(12-8-4-2-5-9-12)13-10-6-3-7-11-13;2*1-8(7-10)9-5-3-2-4-6-9/h3-17,19,24H,18H2,1-2H3;2-11H,1H3;2*2-6,8,10H,7H2,1H3. The van der Waals surface area contributed by atoms with Crippen molar-refractivity contribution >= 4 is 42.7 Å². The maximum Gasteiger partial charge on any atom is 0.138 e. The Balaban J connectivity index is 0.000000199. The summed E-state index contributed by atoms with van der Waals surface area (Å²) in [6.45, 7) is 6.64. The van der Waals surface area contributed by atoms with Crippen molar-refractivity contribution in [1.29, 1.82) is 0 Å². The van der Waals surface area contributed by atoms with Crippen LogP contribution in [0, 0.1) is 0 Å². The molecule has 0 bridgehead atoms. The van der Waals surface area contributed by atoms with Crippen LogP contribution in [0.15, 0.2) is 217 Å². The van der Waals surface area contributed by atoms with Gasteiger partial charge in [-0.25, -0.2) is 0 Å². The number of hydrogen-bond acceptors (Lipinski definition) is 7. The van der Waals surface area contributed by atoms with E-state index in [-0.39, 0.29) is 0 Å². The second kappa shape index (κ2) is 28.6. The van der Waals surface area contributed by atoms with Gasteiger partial charge in [0.05, 0.1) is 7.11 Å². The van der Waals surface area contributed by atoms with Crippen molar-refractivity contribution in [2.75, 3.05) is 31.5 Å². The van der Waals surface area contributed by atoms with Crippen LogP contribution in [0.1, 0.15) is 77.5 Å². The van der Waals surface area contributed by atoms with E-state index in [0.717, 1.165) is 34.1 Å². The van der Waals surface area contributed by atoms with E-state index in [0.29, 0.717) is 17.8 Å². The molecule has 0 radical (unpaired) electrons. The number of hydroxylamine groups is 1. The summed E-state index contributed by atoms with van der Waals surface area (Å²) in [4.78, 5) is 9.93. The van der Waals surface area contributed by atoms with E-state index in [1.165, 1.54) is 27.8 Å². The van der Waals surface area contributed by atoms with Crippen molar-refractivity contribution < 1.29 is 9.68 Å². The maximum absolute atomic E-state index is 5.48. The van der Waals surface area contributed by atoms with Crippen LogP contribution in [0.4, 0.5) is 0 Å². The van der Waals surface area contributed by atoms with Crippen molar-refractivity contribution in [1.82, 2.24) is 5.48 Å². The average Bonchev–Trinajstić information content (AvgIpc) is 3.36. The first-order valence-electron chi connectivity index (χ1n) is 21.0. The van der Waals surface area contributed by atoms with Crippen LogP contribution in [0.25, 0.3) is 0 Å². The lowest BCUT2D eigenvalue weighted by Crippen LogP contribution is -2.40. The zero-order valence-electron chi connectivity index (χ0n) is 36.6. The lowest BCUT2D eigenvalue weighted by molar-refractivity contribution is 0.0603. The minimum Gasteiger partial charge on any atom is -0.399 e. The van der Waals surface area contributed by atoms with Gasteiger partial charge in [-0.3, -0.25) is 0 Å². The van der Waals surface area contributed by atoms with Crippen LogP contribution >= 0.6 is 37.0 Å². The predicted molar refractivity (Wildman–Crippen MR) is 274 cm³/mol. The van der Waals surface area contributed by atoms with Gasteiger partial charge in [0, 0.05) is 16.9 Å². The second-order valence-electron chi connectivity index (χ2n) is 14.7. The summed E-state index contributed by atoms with van der Waals surface area (Å²) in [5, 5.41) is 4.08. The summed E-state index contributed by atoms with van der Waals surface area (Å²) < 4.78 is 0. The van der Waals surface area contributed by atoms with Crippen LogP contribution < -0.4 is 5.48 Å². The van der Waals surface area contributed by atoms with Gasteiger partial charge < -0.3 is 9.68 Å². The van der Waals surface area contributed by atoms with Gasteiger partial charge >= 0.3 is 0 Å². The smallest absolute Gasteiger partial charge is 0.138 e. The zero-order valence-corrected chi connectivity index (χ0v) is 39.2. The summed E-state index contributed by atoms with van der Waals surface area (Å²) in [5.74, 6) is 4.39. The first kappa shape index (κ1) is 49.6. The Labute approximate surface area is 387 Å². The van der Waals surface area contributed by atoms with E-state index < -0.39 is 4.87 Å². The fraction of sp³-hybridized carbons (Fsp3) is 0.218. The number of rotatable bonds is 15. The number of oxime groups is 1. The summed E-state index contributed by atoms with van der Waals surface area (Å²) in [7, 11) is 3.24. The molecule has 62 heavy (non-hydrogen) atoms. The van der Waals surface area contributed by atoms with Gasteiger partial charge in [0.2, 0.25) is 0 Å². The van der Waals surface area contributed by atoms with Gasteiger partial charge in [-0.1, -0.05) is 238 Å². The molecule has 3 atom stereocenters. The molecule has 1 N–H and O–H groups in total. The molecule has 7 rings (SSSR count). The topological polar surface area (TPSA) is 42.9 Å². The number of thiol groups is 2. The largest absolute Gasteiger partial charge is 0.399 e. The third-order valence-electron chi connectivity index (χ3n) is 10.1. The Morgan fingerprint density at radius 3 is 1.10 bits per heavy atom. The highest BCUT2D eigenvalue weighted by Gasteiger charge is 2.35. The van der Waals surface area contributed by atoms with Crippen molar-refractivity contribution in [2.24, 2.45) is 5.16 Å². The molecule has 7 aromatic rings. The molecule has 0 aliphatic rings. The van der Waals surface area contributed by atoms with E-state index in [4.69, 9.17) is 9.68 Å². The highest BCUT2D eigenvalue weighted by molar-refractivity contribution is 8.00. The van der Waals surface area contributed by atoms with Gasteiger partial charge in [-0.15, -0.1) is 11.8 Å². The summed E-state index contributed by atoms with van der Waals surface area (Å²) in [6.07, 6.45) is 0. The van der Waals surface area contributed by atoms with Crippen LogP contribution in [-0.2, 0) is 14.5 Å². The van der Waals surface area contributed by atoms with Crippen LogP contribution in [0.5, 0.6) is 0 Å². The lowest BCUT2D eigenvalue weighted by Gasteiger charge is -2.35. The molecule has 322 valence electrons. The quantitative estimate of drug-likeness (QED) is 0.0415. The van der Waals surface area contributed by atoms with Crippen LogP contribution in [0.3, 0.4) is 0 Å². The van der Waals surface area contributed by atoms with E-state index in [9.17, 15) is 0 Å². The maximum atomic E-state index is 5.48. The van der Waals surface area contributed by atoms with Crippen molar-refractivity contribution in [3.8, 4) is 0 Å². The molecule has 7 heteroatoms. The fourth-order valence-corrected chi connectivity index (χ4v) is 8.29. The van der Waals surface area contributed by atoms with Gasteiger partial charge in [0.25, 0.3) is 0 Å². The molecule has 0 aliphatic carbocycles. The SMILES string of the molecule is CC(CS)c1ccccc1.CC(CS)c1ccccc1.CON=C(c1ccccc1)c1ccccc1.CONC(SCC(C)c1ccccc1)(c1ccccc1)c1ccccc1. The Kier molecular flexibility index (Phi) is 22.9. The molecule has 7 aromatic carbocycles. The average molecular weight is 879 g/mol. The Hall–Kier alpha value is -5.02. The number of thioether (sulfide) groups is 1. The molecule has 0 fully saturated rings. The molecule has 0 aliphatic heterocycles. The molecule has 0 saturated carbocycles. The monoisotopic (exact) mass is 878 g/mol. The van der Waals surface area contributed by atoms with Crippen LogP contribution in [0.2, 0.25) is 0 Å². The van der Waals surface area contributed by atoms with E-state index in [1.54, 1.807) is 14.2 Å². The van der Waals surface area contributed by atoms with Crippen molar-refractivity contribution in [2.45, 2.75) is 43.4 Å². The molecule has 3 unspecified atom stereocenters. The van der Waals surface area contributed by atoms with E-state index in [2.05, 4.69) is 184 Å². The number of nitrogens with zero attached hydrogens (tertiary/aromatic N) is 1. The molecule has 0 amide bonds. The van der Waals surface area contributed by atoms with Crippen LogP contribution in [-0.4, -0.2) is 37.2 Å². The van der Waals surface area contributed by atoms with Crippen molar-refractivity contribution in [3.63, 3.8) is 0 Å². The summed E-state index contributed by atoms with van der Waals surface area (Å²) >= 11 is 10.3. The zero-order chi connectivity index (χ0) is 44.3. The summed E-state index contributed by atoms with van der Waals surface area (Å²) in [6, 6.07) is 72.6. The third kappa shape index (κ3) is 16.0. The predicted octanol–water partition coefficient (Wildman–Crippen LogP) is 14.1. The highest BCUT2D eigenvalue weighted by Crippen LogP contribution is 2.42. The first-order chi connectivity index (χ1) is 30.4. The second-order valence-corrected chi connectivity index (χ2v) is 16.6. The minimum absolute atomic E-state index is 0.437. The normalized spacial score (nSPS) is 12.0. The third-order valence-corrected chi connectivity index (χ3v) is 12.8. The summed E-state index contributed by atoms with van der Waals surface area (Å²) in [5.41, 5.74) is 12.7. The van der Waals surface area contributed by atoms with Gasteiger partial charge in [0.15, 0.2) is 0 Å². The number of nitrogens with one attached hydrogen (secondary N) is 1. The van der Waals surface area contributed by atoms with Gasteiger partial charge in [0.1, 0.15) is 17.7 Å². The van der Waals surface area contributed by atoms with Gasteiger partial charge in [-0.05, 0) is 57.1 Å². The van der Waals surface area contributed by atoms with Crippen molar-refractivity contribution in [3.05, 3.63) is 251 Å². The molecule has 0 spiro atoms. The molecule has 0 saturated heterocycles. The van der Waals surface area contributed by atoms with E-state index in [1.807, 2.05) is 96.7 Å². The Bertz CT molecular complexity index is 2070. The Morgan fingerprint density at radius 2 is 0.790 bits per heavy atom. The molecular formula is C55H62N2O2S3. The molecule has 4 nitrogen and oxygen atoms in total. The first-order valence-corrected chi connectivity index (χ1v) is 23.3. The molecule has 0 heterocycles. The highest BCUT2D eigenvalue weighted by atomic mass is 32.2. The Morgan fingerprint density at radius 1 is 0.484 bits per heavy atom. The lowest BCUT2D eigenvalue weighted by atomic mass is 9.98. The number of benzene rings is 7. The molecular weight excluding hydrogens is 817 g/mol. The molecule has 0 aromatic heterocycles. The number of hydrogen-bond donors (Lipinski definition) is 3. The minimum atomic E-state index is -0.458. The fourth-order valence-electron chi connectivity index (χ4n) is 6.43. The van der Waals surface area contributed by atoms with Gasteiger partial charge in [-0.2, -0.15) is 30.7 Å².